The molecule has 0 unspecified atom stereocenters. The Balaban J connectivity index is 2.02. The molecular weight excluding hydrogens is 266 g/mol. The smallest absolute Gasteiger partial charge is 0.168 e. The molecule has 1 fully saturated rings. The topological polar surface area (TPSA) is 40.5 Å². The third kappa shape index (κ3) is 2.23. The van der Waals surface area contributed by atoms with E-state index in [1.807, 2.05) is 36.0 Å². The summed E-state index contributed by atoms with van der Waals surface area (Å²) in [7, 11) is 5.29. The molecular formula is C17H21NO3. The van der Waals surface area contributed by atoms with E-state index in [4.69, 9.17) is 9.47 Å². The molecule has 0 radical (unpaired) electrons. The highest BCUT2D eigenvalue weighted by molar-refractivity contribution is 6.10. The minimum absolute atomic E-state index is 0.131. The van der Waals surface area contributed by atoms with Crippen LogP contribution in [0.4, 0.5) is 0 Å². The van der Waals surface area contributed by atoms with Gasteiger partial charge in [-0.25, -0.2) is 0 Å². The highest BCUT2D eigenvalue weighted by Crippen LogP contribution is 2.40. The molecule has 0 bridgehead atoms. The molecule has 0 saturated heterocycles. The van der Waals surface area contributed by atoms with Crippen molar-refractivity contribution in [2.45, 2.75) is 31.3 Å². The lowest BCUT2D eigenvalue weighted by Gasteiger charge is -2.40. The standard InChI is InChI=1S/C17H21NO3/c1-18-11-12(14(19)10-17(21-3)8-5-9-17)16-13(18)6-4-7-15(16)20-2/h4,6-7,11H,5,8-10H2,1-3H3. The molecule has 21 heavy (non-hydrogen) atoms. The third-order valence-electron chi connectivity index (χ3n) is 4.68. The predicted octanol–water partition coefficient (Wildman–Crippen LogP) is 3.33. The van der Waals surface area contributed by atoms with E-state index in [1.54, 1.807) is 14.2 Å². The summed E-state index contributed by atoms with van der Waals surface area (Å²) >= 11 is 0. The van der Waals surface area contributed by atoms with Crippen LogP contribution in [0.2, 0.25) is 0 Å². The predicted molar refractivity (Wildman–Crippen MR) is 82.0 cm³/mol. The number of fused-ring (bicyclic) bond motifs is 1. The van der Waals surface area contributed by atoms with Crippen LogP contribution >= 0.6 is 0 Å². The van der Waals surface area contributed by atoms with Crippen LogP contribution < -0.4 is 4.74 Å². The molecule has 1 aliphatic rings. The highest BCUT2D eigenvalue weighted by Gasteiger charge is 2.39. The molecule has 1 aromatic heterocycles. The molecule has 112 valence electrons. The first kappa shape index (κ1) is 14.1. The van der Waals surface area contributed by atoms with Crippen LogP contribution in [0, 0.1) is 0 Å². The van der Waals surface area contributed by atoms with Crippen molar-refractivity contribution in [2.75, 3.05) is 14.2 Å². The largest absolute Gasteiger partial charge is 0.496 e. The maximum absolute atomic E-state index is 12.8. The van der Waals surface area contributed by atoms with E-state index in [0.717, 1.165) is 41.5 Å². The molecule has 1 aliphatic carbocycles. The van der Waals surface area contributed by atoms with Crippen molar-refractivity contribution in [1.29, 1.82) is 0 Å². The first-order valence-electron chi connectivity index (χ1n) is 7.30. The van der Waals surface area contributed by atoms with E-state index in [-0.39, 0.29) is 11.4 Å². The lowest BCUT2D eigenvalue weighted by Crippen LogP contribution is -2.41. The summed E-state index contributed by atoms with van der Waals surface area (Å²) < 4.78 is 13.0. The van der Waals surface area contributed by atoms with E-state index in [2.05, 4.69) is 0 Å². The molecule has 0 amide bonds. The second-order valence-electron chi connectivity index (χ2n) is 5.85. The second kappa shape index (κ2) is 5.19. The summed E-state index contributed by atoms with van der Waals surface area (Å²) in [6, 6.07) is 5.84. The van der Waals surface area contributed by atoms with Gasteiger partial charge >= 0.3 is 0 Å². The molecule has 1 saturated carbocycles. The van der Waals surface area contributed by atoms with Crippen LogP contribution in [0.1, 0.15) is 36.0 Å². The Morgan fingerprint density at radius 1 is 1.33 bits per heavy atom. The fraction of sp³-hybridized carbons (Fsp3) is 0.471. The first-order chi connectivity index (χ1) is 10.1. The number of carbonyl (C=O) groups is 1. The van der Waals surface area contributed by atoms with Crippen LogP contribution in [0.15, 0.2) is 24.4 Å². The normalized spacial score (nSPS) is 16.7. The molecule has 2 aromatic rings. The summed E-state index contributed by atoms with van der Waals surface area (Å²) in [6.45, 7) is 0. The number of nitrogens with zero attached hydrogens (tertiary/aromatic N) is 1. The lowest BCUT2D eigenvalue weighted by molar-refractivity contribution is -0.0704. The van der Waals surface area contributed by atoms with Crippen molar-refractivity contribution in [1.82, 2.24) is 4.57 Å². The Kier molecular flexibility index (Phi) is 3.49. The number of benzene rings is 1. The summed E-state index contributed by atoms with van der Waals surface area (Å²) in [5.41, 5.74) is 1.49. The van der Waals surface area contributed by atoms with E-state index in [0.29, 0.717) is 6.42 Å². The molecule has 1 aromatic carbocycles. The summed E-state index contributed by atoms with van der Waals surface area (Å²) in [6.07, 6.45) is 5.42. The minimum Gasteiger partial charge on any atom is -0.496 e. The van der Waals surface area contributed by atoms with E-state index >= 15 is 0 Å². The van der Waals surface area contributed by atoms with Crippen molar-refractivity contribution in [3.8, 4) is 5.75 Å². The number of aromatic nitrogens is 1. The van der Waals surface area contributed by atoms with Gasteiger partial charge in [-0.05, 0) is 31.4 Å². The molecule has 0 aliphatic heterocycles. The average Bonchev–Trinajstić information content (AvgIpc) is 2.80. The number of methoxy groups -OCH3 is 2. The number of hydrogen-bond donors (Lipinski definition) is 0. The summed E-state index contributed by atoms with van der Waals surface area (Å²) in [5, 5.41) is 0.901. The lowest BCUT2D eigenvalue weighted by atomic mass is 9.76. The van der Waals surface area contributed by atoms with Crippen LogP contribution in [-0.2, 0) is 11.8 Å². The van der Waals surface area contributed by atoms with Gasteiger partial charge in [-0.3, -0.25) is 4.79 Å². The van der Waals surface area contributed by atoms with Crippen molar-refractivity contribution in [3.63, 3.8) is 0 Å². The van der Waals surface area contributed by atoms with E-state index < -0.39 is 0 Å². The number of carbonyl (C=O) groups excluding carboxylic acids is 1. The zero-order chi connectivity index (χ0) is 15.0. The van der Waals surface area contributed by atoms with Gasteiger partial charge in [-0.2, -0.15) is 0 Å². The van der Waals surface area contributed by atoms with Crippen molar-refractivity contribution >= 4 is 16.7 Å². The number of Topliss-reactive ketones (excluding diaryl/α,β-unsaturated/α-hetero) is 1. The SMILES string of the molecule is COc1cccc2c1c(C(=O)CC1(OC)CCC1)cn2C. The number of rotatable bonds is 5. The van der Waals surface area contributed by atoms with Crippen molar-refractivity contribution < 1.29 is 14.3 Å². The fourth-order valence-electron chi connectivity index (χ4n) is 3.21. The van der Waals surface area contributed by atoms with Gasteiger partial charge in [0, 0.05) is 32.3 Å². The van der Waals surface area contributed by atoms with Crippen molar-refractivity contribution in [3.05, 3.63) is 30.0 Å². The average molecular weight is 287 g/mol. The zero-order valence-electron chi connectivity index (χ0n) is 12.8. The van der Waals surface area contributed by atoms with Crippen LogP contribution in [-0.4, -0.2) is 30.2 Å². The number of ether oxygens (including phenoxy) is 2. The van der Waals surface area contributed by atoms with Gasteiger partial charge in [0.1, 0.15) is 5.75 Å². The highest BCUT2D eigenvalue weighted by atomic mass is 16.5. The Morgan fingerprint density at radius 3 is 2.67 bits per heavy atom. The van der Waals surface area contributed by atoms with E-state index in [1.165, 1.54) is 0 Å². The molecule has 0 N–H and O–H groups in total. The number of hydrogen-bond acceptors (Lipinski definition) is 3. The molecule has 4 heteroatoms. The van der Waals surface area contributed by atoms with Gasteiger partial charge in [-0.1, -0.05) is 6.07 Å². The Morgan fingerprint density at radius 2 is 2.10 bits per heavy atom. The van der Waals surface area contributed by atoms with Crippen LogP contribution in [0.3, 0.4) is 0 Å². The summed E-state index contributed by atoms with van der Waals surface area (Å²) in [5.74, 6) is 0.878. The van der Waals surface area contributed by atoms with Gasteiger partial charge < -0.3 is 14.0 Å². The molecule has 1 heterocycles. The molecule has 4 nitrogen and oxygen atoms in total. The van der Waals surface area contributed by atoms with E-state index in [9.17, 15) is 4.79 Å². The Bertz CT molecular complexity index is 677. The second-order valence-corrected chi connectivity index (χ2v) is 5.85. The first-order valence-corrected chi connectivity index (χ1v) is 7.30. The number of aryl methyl sites for hydroxylation is 1. The Labute approximate surface area is 124 Å². The zero-order valence-corrected chi connectivity index (χ0v) is 12.8. The summed E-state index contributed by atoms with van der Waals surface area (Å²) in [4.78, 5) is 12.8. The molecule has 0 atom stereocenters. The molecule has 3 rings (SSSR count). The quantitative estimate of drug-likeness (QED) is 0.792. The van der Waals surface area contributed by atoms with Crippen LogP contribution in [0.5, 0.6) is 5.75 Å². The minimum atomic E-state index is -0.249. The van der Waals surface area contributed by atoms with Crippen LogP contribution in [0.25, 0.3) is 10.9 Å². The maximum atomic E-state index is 12.8. The van der Waals surface area contributed by atoms with Gasteiger partial charge in [0.15, 0.2) is 5.78 Å². The van der Waals surface area contributed by atoms with Gasteiger partial charge in [0.05, 0.1) is 23.6 Å². The fourth-order valence-corrected chi connectivity index (χ4v) is 3.21. The van der Waals surface area contributed by atoms with Gasteiger partial charge in [-0.15, -0.1) is 0 Å². The Hall–Kier alpha value is -1.81. The maximum Gasteiger partial charge on any atom is 0.168 e. The van der Waals surface area contributed by atoms with Crippen molar-refractivity contribution in [2.24, 2.45) is 7.05 Å². The van der Waals surface area contributed by atoms with Gasteiger partial charge in [0.2, 0.25) is 0 Å². The monoisotopic (exact) mass is 287 g/mol. The third-order valence-corrected chi connectivity index (χ3v) is 4.68. The molecule has 0 spiro atoms. The number of ketones is 1. The van der Waals surface area contributed by atoms with Gasteiger partial charge in [0.25, 0.3) is 0 Å².